The fourth-order valence-electron chi connectivity index (χ4n) is 2.24. The van der Waals surface area contributed by atoms with Crippen molar-refractivity contribution in [1.82, 2.24) is 15.3 Å². The second kappa shape index (κ2) is 5.14. The summed E-state index contributed by atoms with van der Waals surface area (Å²) in [6.07, 6.45) is 5.23. The number of benzene rings is 1. The first kappa shape index (κ1) is 11.2. The average molecular weight is 240 g/mol. The van der Waals surface area contributed by atoms with Crippen LogP contribution in [0.15, 0.2) is 43.0 Å². The second-order valence-electron chi connectivity index (χ2n) is 4.41. The molecule has 1 aliphatic rings. The zero-order chi connectivity index (χ0) is 12.2. The molecule has 2 heterocycles. The largest absolute Gasteiger partial charge is 0.369 e. The van der Waals surface area contributed by atoms with E-state index >= 15 is 0 Å². The lowest BCUT2D eigenvalue weighted by atomic mass is 10.1. The average Bonchev–Trinajstić information content (AvgIpc) is 2.49. The van der Waals surface area contributed by atoms with Crippen LogP contribution in [0, 0.1) is 0 Å². The van der Waals surface area contributed by atoms with Gasteiger partial charge in [-0.3, -0.25) is 0 Å². The third-order valence-electron chi connectivity index (χ3n) is 3.24. The van der Waals surface area contributed by atoms with Crippen molar-refractivity contribution < 1.29 is 0 Å². The van der Waals surface area contributed by atoms with Gasteiger partial charge in [0.15, 0.2) is 0 Å². The van der Waals surface area contributed by atoms with E-state index in [0.29, 0.717) is 0 Å². The number of rotatable bonds is 2. The monoisotopic (exact) mass is 240 g/mol. The van der Waals surface area contributed by atoms with E-state index in [1.54, 1.807) is 6.33 Å². The summed E-state index contributed by atoms with van der Waals surface area (Å²) in [6, 6.07) is 8.62. The lowest BCUT2D eigenvalue weighted by Gasteiger charge is -2.29. The topological polar surface area (TPSA) is 41.1 Å². The molecule has 4 nitrogen and oxygen atoms in total. The van der Waals surface area contributed by atoms with Crippen LogP contribution in [-0.4, -0.2) is 36.1 Å². The molecule has 0 unspecified atom stereocenters. The van der Waals surface area contributed by atoms with E-state index in [1.807, 2.05) is 12.4 Å². The van der Waals surface area contributed by atoms with E-state index in [9.17, 15) is 0 Å². The van der Waals surface area contributed by atoms with Gasteiger partial charge in [-0.1, -0.05) is 12.1 Å². The van der Waals surface area contributed by atoms with Crippen LogP contribution in [0.3, 0.4) is 0 Å². The van der Waals surface area contributed by atoms with Crippen LogP contribution in [0.1, 0.15) is 0 Å². The Hall–Kier alpha value is -1.94. The first-order valence-electron chi connectivity index (χ1n) is 6.24. The molecule has 4 heteroatoms. The zero-order valence-corrected chi connectivity index (χ0v) is 10.2. The summed E-state index contributed by atoms with van der Waals surface area (Å²) in [5.41, 5.74) is 3.51. The Morgan fingerprint density at radius 2 is 1.56 bits per heavy atom. The summed E-state index contributed by atoms with van der Waals surface area (Å²) in [5, 5.41) is 3.36. The SMILES string of the molecule is c1ncc(-c2ccc(N3CCNCC3)cc2)cn1. The Balaban J connectivity index is 1.80. The first-order chi connectivity index (χ1) is 8.93. The highest BCUT2D eigenvalue weighted by Gasteiger charge is 2.10. The Kier molecular flexibility index (Phi) is 3.19. The zero-order valence-electron chi connectivity index (χ0n) is 10.2. The molecule has 0 spiro atoms. The summed E-state index contributed by atoms with van der Waals surface area (Å²) in [7, 11) is 0. The number of piperazine rings is 1. The summed E-state index contributed by atoms with van der Waals surface area (Å²) >= 11 is 0. The van der Waals surface area contributed by atoms with E-state index in [1.165, 1.54) is 5.69 Å². The second-order valence-corrected chi connectivity index (χ2v) is 4.41. The Morgan fingerprint density at radius 3 is 2.22 bits per heavy atom. The molecule has 1 aromatic heterocycles. The van der Waals surface area contributed by atoms with Crippen LogP contribution in [0.2, 0.25) is 0 Å². The van der Waals surface area contributed by atoms with Crippen molar-refractivity contribution in [2.75, 3.05) is 31.1 Å². The molecule has 2 aromatic rings. The van der Waals surface area contributed by atoms with Gasteiger partial charge in [-0.25, -0.2) is 9.97 Å². The van der Waals surface area contributed by atoms with Crippen LogP contribution in [0.4, 0.5) is 5.69 Å². The smallest absolute Gasteiger partial charge is 0.115 e. The summed E-state index contributed by atoms with van der Waals surface area (Å²) in [4.78, 5) is 10.5. The van der Waals surface area contributed by atoms with Gasteiger partial charge in [-0.15, -0.1) is 0 Å². The molecule has 0 bridgehead atoms. The van der Waals surface area contributed by atoms with Crippen molar-refractivity contribution in [1.29, 1.82) is 0 Å². The van der Waals surface area contributed by atoms with Crippen LogP contribution in [-0.2, 0) is 0 Å². The fraction of sp³-hybridized carbons (Fsp3) is 0.286. The van der Waals surface area contributed by atoms with Gasteiger partial charge in [0, 0.05) is 49.8 Å². The normalized spacial score (nSPS) is 15.7. The van der Waals surface area contributed by atoms with Crippen molar-refractivity contribution in [3.63, 3.8) is 0 Å². The maximum atomic E-state index is 4.04. The first-order valence-corrected chi connectivity index (χ1v) is 6.24. The van der Waals surface area contributed by atoms with Crippen molar-refractivity contribution in [2.45, 2.75) is 0 Å². The van der Waals surface area contributed by atoms with Gasteiger partial charge < -0.3 is 10.2 Å². The minimum atomic E-state index is 1.06. The molecule has 0 amide bonds. The molecule has 1 saturated heterocycles. The quantitative estimate of drug-likeness (QED) is 0.864. The molecular formula is C14H16N4. The molecule has 1 fully saturated rings. The highest BCUT2D eigenvalue weighted by Crippen LogP contribution is 2.22. The lowest BCUT2D eigenvalue weighted by Crippen LogP contribution is -2.43. The third kappa shape index (κ3) is 2.33. The van der Waals surface area contributed by atoms with Gasteiger partial charge in [-0.2, -0.15) is 0 Å². The van der Waals surface area contributed by atoms with E-state index in [0.717, 1.165) is 37.3 Å². The lowest BCUT2D eigenvalue weighted by molar-refractivity contribution is 0.589. The van der Waals surface area contributed by atoms with Gasteiger partial charge >= 0.3 is 0 Å². The van der Waals surface area contributed by atoms with Gasteiger partial charge in [0.05, 0.1) is 0 Å². The van der Waals surface area contributed by atoms with Crippen molar-refractivity contribution in [3.8, 4) is 11.1 Å². The highest BCUT2D eigenvalue weighted by molar-refractivity contribution is 5.64. The molecule has 0 saturated carbocycles. The van der Waals surface area contributed by atoms with Crippen LogP contribution in [0.5, 0.6) is 0 Å². The summed E-state index contributed by atoms with van der Waals surface area (Å²) < 4.78 is 0. The van der Waals surface area contributed by atoms with Gasteiger partial charge in [0.2, 0.25) is 0 Å². The summed E-state index contributed by atoms with van der Waals surface area (Å²) in [5.74, 6) is 0. The van der Waals surface area contributed by atoms with Crippen molar-refractivity contribution in [3.05, 3.63) is 43.0 Å². The number of aromatic nitrogens is 2. The Labute approximate surface area is 107 Å². The molecular weight excluding hydrogens is 224 g/mol. The van der Waals surface area contributed by atoms with Crippen LogP contribution >= 0.6 is 0 Å². The minimum Gasteiger partial charge on any atom is -0.369 e. The molecule has 1 N–H and O–H groups in total. The molecule has 92 valence electrons. The van der Waals surface area contributed by atoms with Crippen LogP contribution < -0.4 is 10.2 Å². The van der Waals surface area contributed by atoms with E-state index in [4.69, 9.17) is 0 Å². The number of nitrogens with one attached hydrogen (secondary N) is 1. The molecule has 0 aliphatic carbocycles. The fourth-order valence-corrected chi connectivity index (χ4v) is 2.24. The summed E-state index contributed by atoms with van der Waals surface area (Å²) in [6.45, 7) is 4.28. The number of hydrogen-bond acceptors (Lipinski definition) is 4. The van der Waals surface area contributed by atoms with E-state index < -0.39 is 0 Å². The van der Waals surface area contributed by atoms with E-state index in [-0.39, 0.29) is 0 Å². The van der Waals surface area contributed by atoms with Gasteiger partial charge in [0.1, 0.15) is 6.33 Å². The molecule has 0 radical (unpaired) electrons. The molecule has 0 atom stereocenters. The predicted octanol–water partition coefficient (Wildman–Crippen LogP) is 1.55. The minimum absolute atomic E-state index is 1.06. The highest BCUT2D eigenvalue weighted by atomic mass is 15.2. The predicted molar refractivity (Wildman–Crippen MR) is 72.6 cm³/mol. The Morgan fingerprint density at radius 1 is 0.889 bits per heavy atom. The van der Waals surface area contributed by atoms with Crippen molar-refractivity contribution in [2.24, 2.45) is 0 Å². The van der Waals surface area contributed by atoms with E-state index in [2.05, 4.69) is 44.5 Å². The number of nitrogens with zero attached hydrogens (tertiary/aromatic N) is 3. The molecule has 18 heavy (non-hydrogen) atoms. The van der Waals surface area contributed by atoms with Gasteiger partial charge in [0.25, 0.3) is 0 Å². The Bertz CT molecular complexity index is 489. The maximum Gasteiger partial charge on any atom is 0.115 e. The molecule has 1 aliphatic heterocycles. The number of hydrogen-bond donors (Lipinski definition) is 1. The number of anilines is 1. The maximum absolute atomic E-state index is 4.04. The van der Waals surface area contributed by atoms with Crippen LogP contribution in [0.25, 0.3) is 11.1 Å². The molecule has 3 rings (SSSR count). The molecule has 1 aromatic carbocycles. The van der Waals surface area contributed by atoms with Gasteiger partial charge in [-0.05, 0) is 17.7 Å². The van der Waals surface area contributed by atoms with Crippen molar-refractivity contribution >= 4 is 5.69 Å². The standard InChI is InChI=1S/C14H16N4/c1-3-14(18-7-5-15-6-8-18)4-2-12(1)13-9-16-11-17-10-13/h1-4,9-11,15H,5-8H2. The third-order valence-corrected chi connectivity index (χ3v) is 3.24.